The van der Waals surface area contributed by atoms with E-state index in [2.05, 4.69) is 0 Å². The molecule has 0 spiro atoms. The zero-order valence-corrected chi connectivity index (χ0v) is 8.47. The quantitative estimate of drug-likeness (QED) is 0.592. The third-order valence-electron chi connectivity index (χ3n) is 1.75. The molecule has 0 radical (unpaired) electrons. The first-order valence-corrected chi connectivity index (χ1v) is 5.25. The van der Waals surface area contributed by atoms with Crippen molar-refractivity contribution in [2.45, 2.75) is 12.4 Å². The number of carbonyl (C=O) groups excluding carboxylic acids is 1. The summed E-state index contributed by atoms with van der Waals surface area (Å²) < 4.78 is 0. The number of aliphatic hydroxyl groups excluding tert-OH is 1. The molecule has 0 aliphatic rings. The lowest BCUT2D eigenvalue weighted by Gasteiger charge is -2.06. The van der Waals surface area contributed by atoms with E-state index in [0.717, 1.165) is 17.3 Å². The highest BCUT2D eigenvalue weighted by atomic mass is 32.2. The van der Waals surface area contributed by atoms with E-state index in [4.69, 9.17) is 0 Å². The molecule has 3 heteroatoms. The molecule has 1 N–H and O–H groups in total. The predicted molar refractivity (Wildman–Crippen MR) is 55.0 cm³/mol. The molecule has 0 aliphatic heterocycles. The number of benzene rings is 1. The highest BCUT2D eigenvalue weighted by Crippen LogP contribution is 2.12. The third kappa shape index (κ3) is 2.57. The average molecular weight is 196 g/mol. The molecule has 0 bridgehead atoms. The highest BCUT2D eigenvalue weighted by molar-refractivity contribution is 7.99. The number of hydrogen-bond acceptors (Lipinski definition) is 3. The molecule has 1 aromatic rings. The largest absolute Gasteiger partial charge is 0.374 e. The van der Waals surface area contributed by atoms with E-state index < -0.39 is 5.44 Å². The van der Waals surface area contributed by atoms with Crippen molar-refractivity contribution in [1.82, 2.24) is 0 Å². The number of ketones is 1. The summed E-state index contributed by atoms with van der Waals surface area (Å²) in [6, 6.07) is 7.23. The van der Waals surface area contributed by atoms with Crippen molar-refractivity contribution in [3.05, 3.63) is 35.4 Å². The van der Waals surface area contributed by atoms with Crippen LogP contribution in [0.3, 0.4) is 0 Å². The van der Waals surface area contributed by atoms with Gasteiger partial charge >= 0.3 is 0 Å². The predicted octanol–water partition coefficient (Wildman–Crippen LogP) is 1.86. The Kier molecular flexibility index (Phi) is 3.51. The van der Waals surface area contributed by atoms with E-state index in [1.165, 1.54) is 0 Å². The van der Waals surface area contributed by atoms with Gasteiger partial charge in [0.2, 0.25) is 5.78 Å². The third-order valence-corrected chi connectivity index (χ3v) is 2.41. The summed E-state index contributed by atoms with van der Waals surface area (Å²) in [5.74, 6) is -0.226. The first-order valence-electron chi connectivity index (χ1n) is 3.97. The van der Waals surface area contributed by atoms with Crippen LogP contribution < -0.4 is 0 Å². The van der Waals surface area contributed by atoms with Crippen LogP contribution in [0.25, 0.3) is 0 Å². The van der Waals surface area contributed by atoms with E-state index in [1.807, 2.05) is 19.1 Å². The maximum Gasteiger partial charge on any atom is 0.201 e. The van der Waals surface area contributed by atoms with E-state index in [1.54, 1.807) is 18.4 Å². The Balaban J connectivity index is 2.89. The monoisotopic (exact) mass is 196 g/mol. The molecule has 0 heterocycles. The summed E-state index contributed by atoms with van der Waals surface area (Å²) in [5.41, 5.74) is 0.655. The van der Waals surface area contributed by atoms with Crippen LogP contribution in [-0.2, 0) is 0 Å². The lowest BCUT2D eigenvalue weighted by molar-refractivity contribution is 0.0869. The van der Waals surface area contributed by atoms with Crippen molar-refractivity contribution < 1.29 is 9.90 Å². The molecule has 2 nitrogen and oxygen atoms in total. The number of Topliss-reactive ketones (excluding diaryl/α,β-unsaturated/α-hetero) is 1. The van der Waals surface area contributed by atoms with Gasteiger partial charge in [0.15, 0.2) is 5.44 Å². The lowest BCUT2D eigenvalue weighted by Crippen LogP contribution is -2.15. The molecule has 1 aromatic carbocycles. The summed E-state index contributed by atoms with van der Waals surface area (Å²) in [6.07, 6.45) is 1.71. The minimum absolute atomic E-state index is 0.226. The molecule has 70 valence electrons. The SMILES string of the molecule is CSC(O)C(=O)c1cccc(C)c1. The highest BCUT2D eigenvalue weighted by Gasteiger charge is 2.14. The fourth-order valence-electron chi connectivity index (χ4n) is 1.05. The van der Waals surface area contributed by atoms with Crippen molar-refractivity contribution in [2.24, 2.45) is 0 Å². The van der Waals surface area contributed by atoms with Crippen LogP contribution in [0.2, 0.25) is 0 Å². The molecule has 0 fully saturated rings. The minimum Gasteiger partial charge on any atom is -0.374 e. The normalized spacial score (nSPS) is 12.5. The van der Waals surface area contributed by atoms with Crippen LogP contribution in [0.4, 0.5) is 0 Å². The summed E-state index contributed by atoms with van der Waals surface area (Å²) in [4.78, 5) is 11.5. The van der Waals surface area contributed by atoms with Gasteiger partial charge in [0.25, 0.3) is 0 Å². The van der Waals surface area contributed by atoms with E-state index in [9.17, 15) is 9.90 Å². The van der Waals surface area contributed by atoms with Crippen LogP contribution in [0.5, 0.6) is 0 Å². The van der Waals surface area contributed by atoms with E-state index in [-0.39, 0.29) is 5.78 Å². The van der Waals surface area contributed by atoms with E-state index in [0.29, 0.717) is 5.56 Å². The lowest BCUT2D eigenvalue weighted by atomic mass is 10.1. The zero-order chi connectivity index (χ0) is 9.84. The van der Waals surface area contributed by atoms with Gasteiger partial charge in [-0.05, 0) is 19.2 Å². The summed E-state index contributed by atoms with van der Waals surface area (Å²) in [5, 5.41) is 9.28. The van der Waals surface area contributed by atoms with Crippen LogP contribution in [0.15, 0.2) is 24.3 Å². The number of carbonyl (C=O) groups is 1. The second-order valence-electron chi connectivity index (χ2n) is 2.82. The van der Waals surface area contributed by atoms with Gasteiger partial charge in [-0.15, -0.1) is 11.8 Å². The molecule has 1 unspecified atom stereocenters. The minimum atomic E-state index is -0.943. The van der Waals surface area contributed by atoms with Gasteiger partial charge in [0.1, 0.15) is 0 Å². The molecule has 1 rings (SSSR count). The molecular weight excluding hydrogens is 184 g/mol. The van der Waals surface area contributed by atoms with Crippen molar-refractivity contribution >= 4 is 17.5 Å². The van der Waals surface area contributed by atoms with Crippen molar-refractivity contribution in [3.8, 4) is 0 Å². The molecular formula is C10H12O2S. The van der Waals surface area contributed by atoms with Crippen molar-refractivity contribution in [2.75, 3.05) is 6.26 Å². The molecule has 0 aliphatic carbocycles. The first kappa shape index (κ1) is 10.3. The average Bonchev–Trinajstić information content (AvgIpc) is 2.15. The standard InChI is InChI=1S/C10H12O2S/c1-7-4-3-5-8(6-7)9(11)10(12)13-2/h3-6,10,12H,1-2H3. The summed E-state index contributed by atoms with van der Waals surface area (Å²) in [6.45, 7) is 1.92. The zero-order valence-electron chi connectivity index (χ0n) is 7.65. The Bertz CT molecular complexity index is 310. The van der Waals surface area contributed by atoms with Crippen LogP contribution in [0, 0.1) is 6.92 Å². The van der Waals surface area contributed by atoms with Gasteiger partial charge in [-0.3, -0.25) is 4.79 Å². The second-order valence-corrected chi connectivity index (χ2v) is 3.74. The van der Waals surface area contributed by atoms with Crippen LogP contribution >= 0.6 is 11.8 Å². The molecule has 0 saturated heterocycles. The number of thioether (sulfide) groups is 1. The first-order chi connectivity index (χ1) is 6.15. The Labute approximate surface area is 82.0 Å². The van der Waals surface area contributed by atoms with Crippen LogP contribution in [0.1, 0.15) is 15.9 Å². The fraction of sp³-hybridized carbons (Fsp3) is 0.300. The molecule has 13 heavy (non-hydrogen) atoms. The Hall–Kier alpha value is -0.800. The van der Waals surface area contributed by atoms with Gasteiger partial charge in [-0.1, -0.05) is 23.8 Å². The number of rotatable bonds is 3. The Morgan fingerprint density at radius 3 is 2.77 bits per heavy atom. The van der Waals surface area contributed by atoms with Crippen molar-refractivity contribution in [1.29, 1.82) is 0 Å². The molecule has 0 saturated carbocycles. The number of aryl methyl sites for hydroxylation is 1. The summed E-state index contributed by atoms with van der Waals surface area (Å²) in [7, 11) is 0. The Morgan fingerprint density at radius 2 is 2.23 bits per heavy atom. The van der Waals surface area contributed by atoms with E-state index >= 15 is 0 Å². The van der Waals surface area contributed by atoms with Crippen molar-refractivity contribution in [3.63, 3.8) is 0 Å². The van der Waals surface area contributed by atoms with Gasteiger partial charge in [-0.2, -0.15) is 0 Å². The second kappa shape index (κ2) is 4.44. The summed E-state index contributed by atoms with van der Waals surface area (Å²) >= 11 is 1.14. The molecule has 1 atom stereocenters. The smallest absolute Gasteiger partial charge is 0.201 e. The molecule has 0 aromatic heterocycles. The molecule has 0 amide bonds. The Morgan fingerprint density at radius 1 is 1.54 bits per heavy atom. The number of hydrogen-bond donors (Lipinski definition) is 1. The number of aliphatic hydroxyl groups is 1. The van der Waals surface area contributed by atoms with Gasteiger partial charge in [0.05, 0.1) is 0 Å². The maximum atomic E-state index is 11.5. The maximum absolute atomic E-state index is 11.5. The van der Waals surface area contributed by atoms with Gasteiger partial charge < -0.3 is 5.11 Å². The van der Waals surface area contributed by atoms with Gasteiger partial charge in [0, 0.05) is 5.56 Å². The topological polar surface area (TPSA) is 37.3 Å². The van der Waals surface area contributed by atoms with Crippen LogP contribution in [-0.4, -0.2) is 22.6 Å². The van der Waals surface area contributed by atoms with Gasteiger partial charge in [-0.25, -0.2) is 0 Å². The fourth-order valence-corrected chi connectivity index (χ4v) is 1.40.